The molecule has 0 bridgehead atoms. The van der Waals surface area contributed by atoms with Crippen molar-refractivity contribution in [3.63, 3.8) is 0 Å². The quantitative estimate of drug-likeness (QED) is 0.0984. The Labute approximate surface area is 288 Å². The van der Waals surface area contributed by atoms with Gasteiger partial charge in [0.25, 0.3) is 0 Å². The van der Waals surface area contributed by atoms with Gasteiger partial charge >= 0.3 is 0 Å². The van der Waals surface area contributed by atoms with Crippen molar-refractivity contribution < 1.29 is 0 Å². The van der Waals surface area contributed by atoms with Gasteiger partial charge in [0.1, 0.15) is 0 Å². The van der Waals surface area contributed by atoms with Gasteiger partial charge in [-0.05, 0) is 64.1 Å². The summed E-state index contributed by atoms with van der Waals surface area (Å²) in [7, 11) is 0. The predicted molar refractivity (Wildman–Crippen MR) is 204 cm³/mol. The number of anilines is 2. The molecule has 48 heavy (non-hydrogen) atoms. The summed E-state index contributed by atoms with van der Waals surface area (Å²) in [4.78, 5) is 4.98. The lowest BCUT2D eigenvalue weighted by atomic mass is 9.86. The molecular formula is C46H48N2. The zero-order valence-electron chi connectivity index (χ0n) is 28.3. The molecule has 0 aliphatic rings. The van der Waals surface area contributed by atoms with Crippen molar-refractivity contribution in [2.45, 2.75) is 64.7 Å². The first kappa shape index (κ1) is 32.8. The van der Waals surface area contributed by atoms with E-state index in [9.17, 15) is 0 Å². The highest BCUT2D eigenvalue weighted by Gasteiger charge is 2.17. The molecule has 0 fully saturated rings. The van der Waals surface area contributed by atoms with Crippen LogP contribution in [0.5, 0.6) is 0 Å². The van der Waals surface area contributed by atoms with Crippen molar-refractivity contribution >= 4 is 11.4 Å². The zero-order chi connectivity index (χ0) is 32.8. The van der Waals surface area contributed by atoms with E-state index in [0.717, 1.165) is 32.6 Å². The van der Waals surface area contributed by atoms with Gasteiger partial charge in [-0.1, -0.05) is 172 Å². The first-order chi connectivity index (χ1) is 23.7. The molecule has 6 rings (SSSR count). The van der Waals surface area contributed by atoms with E-state index in [2.05, 4.69) is 187 Å². The normalized spacial score (nSPS) is 11.0. The molecular weight excluding hydrogens is 581 g/mol. The average molecular weight is 629 g/mol. The molecule has 0 unspecified atom stereocenters. The number of nitrogens with zero attached hydrogens (tertiary/aromatic N) is 2. The second-order valence-electron chi connectivity index (χ2n) is 12.9. The molecule has 0 aliphatic carbocycles. The van der Waals surface area contributed by atoms with Gasteiger partial charge in [0, 0.05) is 43.5 Å². The minimum atomic E-state index is 0.369. The molecule has 2 nitrogen and oxygen atoms in total. The molecule has 242 valence electrons. The van der Waals surface area contributed by atoms with Crippen molar-refractivity contribution in [2.75, 3.05) is 9.80 Å². The SMILES string of the molecule is CCCCCC(c1ccc(N(Cc2ccccc2)Cc2ccccc2)cc1)c1ccc(N(Cc2ccccc2)Cc2ccccc2)cc1. The second kappa shape index (κ2) is 17.2. The van der Waals surface area contributed by atoms with Crippen LogP contribution in [0.25, 0.3) is 0 Å². The van der Waals surface area contributed by atoms with Crippen LogP contribution in [0.4, 0.5) is 11.4 Å². The summed E-state index contributed by atoms with van der Waals surface area (Å²) in [6.07, 6.45) is 4.87. The minimum absolute atomic E-state index is 0.369. The number of benzene rings is 6. The van der Waals surface area contributed by atoms with Crippen LogP contribution in [0.3, 0.4) is 0 Å². The predicted octanol–water partition coefficient (Wildman–Crippen LogP) is 11.8. The summed E-state index contributed by atoms with van der Waals surface area (Å²) in [5.74, 6) is 0.369. The Morgan fingerprint density at radius 2 is 0.688 bits per heavy atom. The number of hydrogen-bond donors (Lipinski definition) is 0. The van der Waals surface area contributed by atoms with Crippen LogP contribution in [0, 0.1) is 0 Å². The van der Waals surface area contributed by atoms with E-state index in [1.807, 2.05) is 0 Å². The van der Waals surface area contributed by atoms with Crippen LogP contribution >= 0.6 is 0 Å². The summed E-state index contributed by atoms with van der Waals surface area (Å²) in [5, 5.41) is 0. The van der Waals surface area contributed by atoms with E-state index < -0.39 is 0 Å². The Morgan fingerprint density at radius 1 is 0.375 bits per heavy atom. The third kappa shape index (κ3) is 9.26. The molecule has 6 aromatic carbocycles. The van der Waals surface area contributed by atoms with E-state index in [0.29, 0.717) is 5.92 Å². The van der Waals surface area contributed by atoms with Gasteiger partial charge in [0.15, 0.2) is 0 Å². The Hall–Kier alpha value is -5.08. The zero-order valence-corrected chi connectivity index (χ0v) is 28.3. The van der Waals surface area contributed by atoms with Gasteiger partial charge in [0.05, 0.1) is 0 Å². The molecule has 0 radical (unpaired) electrons. The molecule has 0 aliphatic heterocycles. The van der Waals surface area contributed by atoms with Gasteiger partial charge in [0.2, 0.25) is 0 Å². The third-order valence-electron chi connectivity index (χ3n) is 9.28. The first-order valence-electron chi connectivity index (χ1n) is 17.6. The maximum atomic E-state index is 2.49. The maximum Gasteiger partial charge on any atom is 0.0433 e. The van der Waals surface area contributed by atoms with Gasteiger partial charge in [-0.15, -0.1) is 0 Å². The number of hydrogen-bond acceptors (Lipinski definition) is 2. The molecule has 0 saturated carbocycles. The Morgan fingerprint density at radius 3 is 0.979 bits per heavy atom. The molecule has 0 atom stereocenters. The number of rotatable bonds is 16. The van der Waals surface area contributed by atoms with E-state index in [1.165, 1.54) is 64.0 Å². The van der Waals surface area contributed by atoms with E-state index in [4.69, 9.17) is 0 Å². The van der Waals surface area contributed by atoms with Crippen LogP contribution < -0.4 is 9.80 Å². The molecule has 2 heteroatoms. The summed E-state index contributed by atoms with van der Waals surface area (Å²) >= 11 is 0. The van der Waals surface area contributed by atoms with Crippen molar-refractivity contribution in [3.8, 4) is 0 Å². The molecule has 0 saturated heterocycles. The van der Waals surface area contributed by atoms with Crippen molar-refractivity contribution in [1.29, 1.82) is 0 Å². The van der Waals surface area contributed by atoms with Crippen molar-refractivity contribution in [2.24, 2.45) is 0 Å². The van der Waals surface area contributed by atoms with E-state index in [-0.39, 0.29) is 0 Å². The maximum absolute atomic E-state index is 2.49. The van der Waals surface area contributed by atoms with Crippen LogP contribution in [-0.4, -0.2) is 0 Å². The van der Waals surface area contributed by atoms with Gasteiger partial charge in [-0.25, -0.2) is 0 Å². The lowest BCUT2D eigenvalue weighted by molar-refractivity contribution is 0.618. The molecule has 0 heterocycles. The highest BCUT2D eigenvalue weighted by atomic mass is 15.1. The number of unbranched alkanes of at least 4 members (excludes halogenated alkanes) is 2. The fraction of sp³-hybridized carbons (Fsp3) is 0.217. The highest BCUT2D eigenvalue weighted by Crippen LogP contribution is 2.34. The fourth-order valence-corrected chi connectivity index (χ4v) is 6.65. The largest absolute Gasteiger partial charge is 0.363 e. The Bertz CT molecular complexity index is 1540. The molecule has 0 aromatic heterocycles. The van der Waals surface area contributed by atoms with E-state index in [1.54, 1.807) is 0 Å². The monoisotopic (exact) mass is 628 g/mol. The topological polar surface area (TPSA) is 6.48 Å². The Balaban J connectivity index is 1.25. The summed E-state index contributed by atoms with van der Waals surface area (Å²) in [6.45, 7) is 5.79. The van der Waals surface area contributed by atoms with Crippen LogP contribution in [0.1, 0.15) is 71.9 Å². The van der Waals surface area contributed by atoms with Crippen molar-refractivity contribution in [3.05, 3.63) is 203 Å². The highest BCUT2D eigenvalue weighted by molar-refractivity contribution is 5.53. The third-order valence-corrected chi connectivity index (χ3v) is 9.28. The minimum Gasteiger partial charge on any atom is -0.363 e. The summed E-state index contributed by atoms with van der Waals surface area (Å²) < 4.78 is 0. The van der Waals surface area contributed by atoms with Gasteiger partial charge in [-0.2, -0.15) is 0 Å². The lowest BCUT2D eigenvalue weighted by Gasteiger charge is -2.27. The Kier molecular flexibility index (Phi) is 11.8. The molecule has 0 N–H and O–H groups in total. The molecule has 0 amide bonds. The standard InChI is InChI=1S/C46H48N2/c1-2-3-8-25-46(42-26-30-44(31-27-42)47(34-38-17-9-4-10-18-38)35-39-19-11-5-12-20-39)43-28-32-45(33-29-43)48(36-40-21-13-6-14-22-40)37-41-23-15-7-16-24-41/h4-7,9-24,26-33,46H,2-3,8,25,34-37H2,1H3. The van der Waals surface area contributed by atoms with Crippen LogP contribution in [-0.2, 0) is 26.2 Å². The smallest absolute Gasteiger partial charge is 0.0433 e. The molecule has 6 aromatic rings. The van der Waals surface area contributed by atoms with Crippen LogP contribution in [0.15, 0.2) is 170 Å². The average Bonchev–Trinajstić information content (AvgIpc) is 3.15. The summed E-state index contributed by atoms with van der Waals surface area (Å²) in [5.41, 5.74) is 10.6. The van der Waals surface area contributed by atoms with Gasteiger partial charge in [-0.3, -0.25) is 0 Å². The first-order valence-corrected chi connectivity index (χ1v) is 17.6. The second-order valence-corrected chi connectivity index (χ2v) is 12.9. The fourth-order valence-electron chi connectivity index (χ4n) is 6.65. The molecule has 0 spiro atoms. The lowest BCUT2D eigenvalue weighted by Crippen LogP contribution is -2.22. The summed E-state index contributed by atoms with van der Waals surface area (Å²) in [6, 6.07) is 62.1. The van der Waals surface area contributed by atoms with E-state index >= 15 is 0 Å². The van der Waals surface area contributed by atoms with Crippen molar-refractivity contribution in [1.82, 2.24) is 0 Å². The van der Waals surface area contributed by atoms with Gasteiger partial charge < -0.3 is 9.80 Å². The van der Waals surface area contributed by atoms with Crippen LogP contribution in [0.2, 0.25) is 0 Å².